The monoisotopic (exact) mass is 256 g/mol. The molecule has 0 saturated heterocycles. The number of hydrogen-bond acceptors (Lipinski definition) is 3. The molecule has 0 aromatic carbocycles. The number of likely N-dealkylation sites (N-methyl/N-ethyl adjacent to an activating group) is 1. The molecule has 1 atom stereocenters. The van der Waals surface area contributed by atoms with Crippen molar-refractivity contribution in [1.82, 2.24) is 4.90 Å². The van der Waals surface area contributed by atoms with Gasteiger partial charge in [0.1, 0.15) is 0 Å². The highest BCUT2D eigenvalue weighted by Gasteiger charge is 2.39. The molecule has 0 spiro atoms. The molecule has 1 saturated carbocycles. The molecule has 0 radical (unpaired) electrons. The summed E-state index contributed by atoms with van der Waals surface area (Å²) in [5.41, 5.74) is 6.31. The van der Waals surface area contributed by atoms with Crippen LogP contribution in [0.25, 0.3) is 0 Å². The van der Waals surface area contributed by atoms with Gasteiger partial charge in [0.05, 0.1) is 6.10 Å². The van der Waals surface area contributed by atoms with Crippen LogP contribution in [-0.4, -0.2) is 43.3 Å². The Kier molecular flexibility index (Phi) is 6.09. The summed E-state index contributed by atoms with van der Waals surface area (Å²) in [5, 5.41) is 0. The molecule has 3 nitrogen and oxygen atoms in total. The van der Waals surface area contributed by atoms with Crippen LogP contribution in [0.1, 0.15) is 52.9 Å². The van der Waals surface area contributed by atoms with Crippen LogP contribution in [0.5, 0.6) is 0 Å². The lowest BCUT2D eigenvalue weighted by atomic mass is 9.78. The molecule has 1 aliphatic carbocycles. The molecule has 1 unspecified atom stereocenters. The van der Waals surface area contributed by atoms with Gasteiger partial charge >= 0.3 is 0 Å². The average Bonchev–Trinajstić information content (AvgIpc) is 2.37. The van der Waals surface area contributed by atoms with Crippen molar-refractivity contribution in [2.24, 2.45) is 11.7 Å². The Bertz CT molecular complexity index is 235. The summed E-state index contributed by atoms with van der Waals surface area (Å²) in [5.74, 6) is 0.743. The van der Waals surface area contributed by atoms with Crippen LogP contribution in [0.15, 0.2) is 0 Å². The topological polar surface area (TPSA) is 38.5 Å². The van der Waals surface area contributed by atoms with Crippen molar-refractivity contribution >= 4 is 0 Å². The molecular formula is C15H32N2O. The second kappa shape index (κ2) is 6.88. The minimum absolute atomic E-state index is 0.198. The Labute approximate surface area is 113 Å². The number of hydrogen-bond donors (Lipinski definition) is 1. The number of nitrogens with zero attached hydrogens (tertiary/aromatic N) is 1. The Morgan fingerprint density at radius 3 is 2.22 bits per heavy atom. The molecule has 2 N–H and O–H groups in total. The van der Waals surface area contributed by atoms with Crippen LogP contribution >= 0.6 is 0 Å². The second-order valence-electron chi connectivity index (χ2n) is 6.45. The van der Waals surface area contributed by atoms with Crippen molar-refractivity contribution in [2.75, 3.05) is 20.7 Å². The molecule has 1 aliphatic rings. The Balaban J connectivity index is 2.64. The summed E-state index contributed by atoms with van der Waals surface area (Å²) < 4.78 is 5.47. The zero-order chi connectivity index (χ0) is 13.8. The molecule has 0 aliphatic heterocycles. The van der Waals surface area contributed by atoms with E-state index in [1.165, 1.54) is 19.3 Å². The highest BCUT2D eigenvalue weighted by atomic mass is 16.5. The highest BCUT2D eigenvalue weighted by Crippen LogP contribution is 2.35. The number of methoxy groups -OCH3 is 1. The van der Waals surface area contributed by atoms with Crippen molar-refractivity contribution in [1.29, 1.82) is 0 Å². The van der Waals surface area contributed by atoms with Crippen LogP contribution in [0.2, 0.25) is 0 Å². The van der Waals surface area contributed by atoms with E-state index in [9.17, 15) is 0 Å². The van der Waals surface area contributed by atoms with Crippen LogP contribution in [0.4, 0.5) is 0 Å². The molecular weight excluding hydrogens is 224 g/mol. The first kappa shape index (κ1) is 15.9. The zero-order valence-electron chi connectivity index (χ0n) is 12.9. The van der Waals surface area contributed by atoms with Gasteiger partial charge in [-0.25, -0.2) is 0 Å². The van der Waals surface area contributed by atoms with Crippen molar-refractivity contribution in [3.8, 4) is 0 Å². The number of rotatable bonds is 6. The summed E-state index contributed by atoms with van der Waals surface area (Å²) >= 11 is 0. The SMILES string of the molecule is COC1CCC(CN)(N(C)C(C)CC(C)C)CC1. The van der Waals surface area contributed by atoms with E-state index in [-0.39, 0.29) is 5.54 Å². The molecule has 0 aromatic heterocycles. The van der Waals surface area contributed by atoms with E-state index in [1.807, 2.05) is 7.11 Å². The fourth-order valence-corrected chi connectivity index (χ4v) is 3.37. The van der Waals surface area contributed by atoms with Crippen LogP contribution in [-0.2, 0) is 4.74 Å². The third kappa shape index (κ3) is 3.69. The lowest BCUT2D eigenvalue weighted by Crippen LogP contribution is -2.57. The van der Waals surface area contributed by atoms with Gasteiger partial charge in [0.25, 0.3) is 0 Å². The molecule has 3 heteroatoms. The van der Waals surface area contributed by atoms with Crippen molar-refractivity contribution in [2.45, 2.75) is 70.6 Å². The van der Waals surface area contributed by atoms with Crippen molar-refractivity contribution in [3.05, 3.63) is 0 Å². The van der Waals surface area contributed by atoms with E-state index in [2.05, 4.69) is 32.7 Å². The van der Waals surface area contributed by atoms with Gasteiger partial charge < -0.3 is 10.5 Å². The van der Waals surface area contributed by atoms with Gasteiger partial charge in [-0.2, -0.15) is 0 Å². The van der Waals surface area contributed by atoms with E-state index in [4.69, 9.17) is 10.5 Å². The first-order valence-corrected chi connectivity index (χ1v) is 7.41. The minimum atomic E-state index is 0.198. The van der Waals surface area contributed by atoms with Gasteiger partial charge in [0.2, 0.25) is 0 Å². The van der Waals surface area contributed by atoms with Crippen LogP contribution < -0.4 is 5.73 Å². The summed E-state index contributed by atoms with van der Waals surface area (Å²) in [4.78, 5) is 2.54. The quantitative estimate of drug-likeness (QED) is 0.794. The molecule has 0 heterocycles. The smallest absolute Gasteiger partial charge is 0.0572 e. The van der Waals surface area contributed by atoms with Gasteiger partial charge in [-0.1, -0.05) is 13.8 Å². The zero-order valence-corrected chi connectivity index (χ0v) is 12.9. The van der Waals surface area contributed by atoms with Crippen LogP contribution in [0.3, 0.4) is 0 Å². The lowest BCUT2D eigenvalue weighted by molar-refractivity contribution is -0.0133. The van der Waals surface area contributed by atoms with E-state index in [1.54, 1.807) is 0 Å². The first-order chi connectivity index (χ1) is 8.45. The first-order valence-electron chi connectivity index (χ1n) is 7.41. The van der Waals surface area contributed by atoms with Crippen molar-refractivity contribution < 1.29 is 4.74 Å². The predicted molar refractivity (Wildman–Crippen MR) is 77.7 cm³/mol. The molecule has 0 bridgehead atoms. The Morgan fingerprint density at radius 2 is 1.83 bits per heavy atom. The third-order valence-corrected chi connectivity index (χ3v) is 4.80. The number of nitrogens with two attached hydrogens (primary N) is 1. The Hall–Kier alpha value is -0.120. The largest absolute Gasteiger partial charge is 0.381 e. The van der Waals surface area contributed by atoms with Gasteiger partial charge in [-0.05, 0) is 52.0 Å². The van der Waals surface area contributed by atoms with E-state index >= 15 is 0 Å². The van der Waals surface area contributed by atoms with E-state index in [0.29, 0.717) is 12.1 Å². The predicted octanol–water partition coefficient (Wildman–Crippen LogP) is 2.64. The van der Waals surface area contributed by atoms with E-state index in [0.717, 1.165) is 25.3 Å². The molecule has 0 amide bonds. The normalized spacial score (nSPS) is 31.0. The molecule has 1 fully saturated rings. The van der Waals surface area contributed by atoms with Gasteiger partial charge in [-0.15, -0.1) is 0 Å². The van der Waals surface area contributed by atoms with Crippen molar-refractivity contribution in [3.63, 3.8) is 0 Å². The fraction of sp³-hybridized carbons (Fsp3) is 1.00. The minimum Gasteiger partial charge on any atom is -0.381 e. The Morgan fingerprint density at radius 1 is 1.28 bits per heavy atom. The fourth-order valence-electron chi connectivity index (χ4n) is 3.37. The standard InChI is InChI=1S/C15H32N2O/c1-12(2)10-13(3)17(4)15(11-16)8-6-14(18-5)7-9-15/h12-14H,6-11,16H2,1-5H3. The molecule has 18 heavy (non-hydrogen) atoms. The molecule has 1 rings (SSSR count). The summed E-state index contributed by atoms with van der Waals surface area (Å²) in [6.07, 6.45) is 6.31. The summed E-state index contributed by atoms with van der Waals surface area (Å²) in [6, 6.07) is 0.604. The maximum Gasteiger partial charge on any atom is 0.0572 e. The molecule has 0 aromatic rings. The van der Waals surface area contributed by atoms with Gasteiger partial charge in [0, 0.05) is 25.2 Å². The third-order valence-electron chi connectivity index (χ3n) is 4.80. The van der Waals surface area contributed by atoms with Gasteiger partial charge in [-0.3, -0.25) is 4.90 Å². The number of ether oxygens (including phenoxy) is 1. The maximum absolute atomic E-state index is 6.11. The van der Waals surface area contributed by atoms with E-state index < -0.39 is 0 Å². The molecule has 108 valence electrons. The van der Waals surface area contributed by atoms with Crippen LogP contribution in [0, 0.1) is 5.92 Å². The second-order valence-corrected chi connectivity index (χ2v) is 6.45. The average molecular weight is 256 g/mol. The summed E-state index contributed by atoms with van der Waals surface area (Å²) in [6.45, 7) is 7.69. The summed E-state index contributed by atoms with van der Waals surface area (Å²) in [7, 11) is 4.08. The lowest BCUT2D eigenvalue weighted by Gasteiger charge is -2.48. The van der Waals surface area contributed by atoms with Gasteiger partial charge in [0.15, 0.2) is 0 Å². The maximum atomic E-state index is 6.11. The highest BCUT2D eigenvalue weighted by molar-refractivity contribution is 4.96.